The molecule has 0 atom stereocenters. The summed E-state index contributed by atoms with van der Waals surface area (Å²) in [6.45, 7) is 0. The van der Waals surface area contributed by atoms with Crippen molar-refractivity contribution in [1.29, 1.82) is 0 Å². The second-order valence-electron chi connectivity index (χ2n) is 15.7. The molecule has 0 aliphatic heterocycles. The van der Waals surface area contributed by atoms with Crippen LogP contribution in [0, 0.1) is 0 Å². The third-order valence-corrected chi connectivity index (χ3v) is 12.2. The quantitative estimate of drug-likeness (QED) is 0.161. The molecule has 0 aliphatic rings. The van der Waals surface area contributed by atoms with Crippen molar-refractivity contribution in [3.8, 4) is 39.1 Å². The van der Waals surface area contributed by atoms with E-state index in [1.807, 2.05) is 0 Å². The van der Waals surface area contributed by atoms with Gasteiger partial charge in [0, 0.05) is 49.6 Å². The summed E-state index contributed by atoms with van der Waals surface area (Å²) in [7, 11) is 0. The highest BCUT2D eigenvalue weighted by Gasteiger charge is 2.22. The number of nitrogens with zero attached hydrogens (tertiary/aromatic N) is 2. The summed E-state index contributed by atoms with van der Waals surface area (Å²) in [5.74, 6) is 0. The Bertz CT molecular complexity index is 3520. The van der Waals surface area contributed by atoms with Crippen molar-refractivity contribution in [2.24, 2.45) is 0 Å². The van der Waals surface area contributed by atoms with Gasteiger partial charge in [0.25, 0.3) is 0 Å². The van der Waals surface area contributed by atoms with E-state index < -0.39 is 0 Å². The SMILES string of the molecule is c1ccc(-c2cccc(-c3ccc(N(c4ccc(-n5c6ccccc6c6ccccc65)cc4)c4ccccc4-c4cccc5oc6c7ccccc7ccc6c45)cc3)c2)cc1. The van der Waals surface area contributed by atoms with E-state index >= 15 is 0 Å². The number of rotatable bonds is 7. The lowest BCUT2D eigenvalue weighted by Gasteiger charge is -2.28. The standard InChI is InChI=1S/C58H38N2O/c1-2-14-39(15-3-1)42-17-12-18-43(38-42)40-28-31-44(32-29-40)59(45-33-35-46(36-34-45)60-54-25-10-6-20-48(54)49-21-7-11-26-55(49)60)53-24-9-8-22-50(53)51-23-13-27-56-57(51)52-37-30-41-16-4-5-19-47(41)58(52)61-56/h1-38H. The van der Waals surface area contributed by atoms with Gasteiger partial charge in [-0.2, -0.15) is 0 Å². The summed E-state index contributed by atoms with van der Waals surface area (Å²) in [5, 5.41) is 7.02. The molecule has 12 aromatic rings. The molecule has 0 saturated heterocycles. The Labute approximate surface area is 353 Å². The van der Waals surface area contributed by atoms with Crippen LogP contribution in [0.15, 0.2) is 235 Å². The smallest absolute Gasteiger partial charge is 0.143 e. The van der Waals surface area contributed by atoms with E-state index in [1.165, 1.54) is 49.4 Å². The van der Waals surface area contributed by atoms with Crippen molar-refractivity contribution in [3.63, 3.8) is 0 Å². The molecule has 286 valence electrons. The van der Waals surface area contributed by atoms with E-state index in [4.69, 9.17) is 4.42 Å². The van der Waals surface area contributed by atoms with Gasteiger partial charge in [-0.3, -0.25) is 0 Å². The molecule has 3 nitrogen and oxygen atoms in total. The molecule has 61 heavy (non-hydrogen) atoms. The minimum Gasteiger partial charge on any atom is -0.455 e. The first kappa shape index (κ1) is 34.9. The maximum Gasteiger partial charge on any atom is 0.143 e. The van der Waals surface area contributed by atoms with Gasteiger partial charge in [0.1, 0.15) is 11.2 Å². The summed E-state index contributed by atoms with van der Waals surface area (Å²) in [6.07, 6.45) is 0. The fraction of sp³-hybridized carbons (Fsp3) is 0. The zero-order valence-corrected chi connectivity index (χ0v) is 33.2. The minimum atomic E-state index is 0.878. The highest BCUT2D eigenvalue weighted by Crippen LogP contribution is 2.46. The van der Waals surface area contributed by atoms with Crippen LogP contribution in [0.1, 0.15) is 0 Å². The second-order valence-corrected chi connectivity index (χ2v) is 15.7. The van der Waals surface area contributed by atoms with Crippen LogP contribution in [-0.4, -0.2) is 4.57 Å². The fourth-order valence-electron chi connectivity index (χ4n) is 9.37. The lowest BCUT2D eigenvalue weighted by molar-refractivity contribution is 0.673. The molecule has 2 heterocycles. The average Bonchev–Trinajstić information content (AvgIpc) is 3.89. The molecule has 0 saturated carbocycles. The molecule has 0 aliphatic carbocycles. The molecule has 0 radical (unpaired) electrons. The maximum atomic E-state index is 6.68. The van der Waals surface area contributed by atoms with Gasteiger partial charge < -0.3 is 13.9 Å². The first-order valence-corrected chi connectivity index (χ1v) is 20.8. The summed E-state index contributed by atoms with van der Waals surface area (Å²) in [5.41, 5.74) is 15.5. The third-order valence-electron chi connectivity index (χ3n) is 12.2. The highest BCUT2D eigenvalue weighted by atomic mass is 16.3. The van der Waals surface area contributed by atoms with Gasteiger partial charge in [-0.25, -0.2) is 0 Å². The Morgan fingerprint density at radius 2 is 0.918 bits per heavy atom. The van der Waals surface area contributed by atoms with E-state index in [1.54, 1.807) is 0 Å². The average molecular weight is 779 g/mol. The van der Waals surface area contributed by atoms with Crippen LogP contribution in [0.2, 0.25) is 0 Å². The van der Waals surface area contributed by atoms with E-state index in [0.29, 0.717) is 0 Å². The molecule has 0 fully saturated rings. The predicted octanol–water partition coefficient (Wildman–Crippen LogP) is 16.3. The number of aromatic nitrogens is 1. The van der Waals surface area contributed by atoms with Crippen LogP contribution in [-0.2, 0) is 0 Å². The Morgan fingerprint density at radius 1 is 0.361 bits per heavy atom. The summed E-state index contributed by atoms with van der Waals surface area (Å²) < 4.78 is 9.06. The van der Waals surface area contributed by atoms with Gasteiger partial charge in [0.2, 0.25) is 0 Å². The number of fused-ring (bicyclic) bond motifs is 8. The molecule has 2 aromatic heterocycles. The number of benzene rings is 10. The van der Waals surface area contributed by atoms with Crippen LogP contribution in [0.3, 0.4) is 0 Å². The summed E-state index contributed by atoms with van der Waals surface area (Å²) in [4.78, 5) is 2.39. The zero-order valence-electron chi connectivity index (χ0n) is 33.2. The summed E-state index contributed by atoms with van der Waals surface area (Å²) in [6, 6.07) is 82.8. The van der Waals surface area contributed by atoms with Gasteiger partial charge in [-0.1, -0.05) is 158 Å². The normalized spacial score (nSPS) is 11.6. The van der Waals surface area contributed by atoms with Gasteiger partial charge >= 0.3 is 0 Å². The lowest BCUT2D eigenvalue weighted by Crippen LogP contribution is -2.11. The molecule has 3 heteroatoms. The van der Waals surface area contributed by atoms with Crippen LogP contribution < -0.4 is 4.90 Å². The fourth-order valence-corrected chi connectivity index (χ4v) is 9.37. The Balaban J connectivity index is 1.03. The highest BCUT2D eigenvalue weighted by molar-refractivity contribution is 6.20. The van der Waals surface area contributed by atoms with Crippen molar-refractivity contribution in [2.45, 2.75) is 0 Å². The van der Waals surface area contributed by atoms with Crippen molar-refractivity contribution in [3.05, 3.63) is 231 Å². The Hall–Kier alpha value is -8.14. The van der Waals surface area contributed by atoms with Gasteiger partial charge in [0.15, 0.2) is 0 Å². The van der Waals surface area contributed by atoms with Gasteiger partial charge in [0.05, 0.1) is 16.7 Å². The number of furan rings is 1. The Morgan fingerprint density at radius 3 is 1.66 bits per heavy atom. The lowest BCUT2D eigenvalue weighted by atomic mass is 9.96. The zero-order chi connectivity index (χ0) is 40.3. The number of hydrogen-bond donors (Lipinski definition) is 0. The molecule has 12 rings (SSSR count). The third kappa shape index (κ3) is 5.82. The van der Waals surface area contributed by atoms with E-state index in [-0.39, 0.29) is 0 Å². The largest absolute Gasteiger partial charge is 0.455 e. The molecule has 0 amide bonds. The maximum absolute atomic E-state index is 6.68. The van der Waals surface area contributed by atoms with E-state index in [2.05, 4.69) is 240 Å². The van der Waals surface area contributed by atoms with Crippen LogP contribution in [0.25, 0.3) is 93.6 Å². The van der Waals surface area contributed by atoms with E-state index in [0.717, 1.165) is 61.2 Å². The van der Waals surface area contributed by atoms with E-state index in [9.17, 15) is 0 Å². The molecule has 10 aromatic carbocycles. The topological polar surface area (TPSA) is 21.3 Å². The van der Waals surface area contributed by atoms with Gasteiger partial charge in [-0.05, 0) is 106 Å². The number of anilines is 3. The van der Waals surface area contributed by atoms with Crippen molar-refractivity contribution in [1.82, 2.24) is 4.57 Å². The first-order valence-electron chi connectivity index (χ1n) is 20.8. The van der Waals surface area contributed by atoms with Crippen LogP contribution >= 0.6 is 0 Å². The number of para-hydroxylation sites is 3. The van der Waals surface area contributed by atoms with Crippen molar-refractivity contribution in [2.75, 3.05) is 4.90 Å². The molecule has 0 N–H and O–H groups in total. The number of hydrogen-bond acceptors (Lipinski definition) is 2. The molecule has 0 bridgehead atoms. The molecule has 0 unspecified atom stereocenters. The van der Waals surface area contributed by atoms with Crippen LogP contribution in [0.4, 0.5) is 17.1 Å². The monoisotopic (exact) mass is 778 g/mol. The molecular formula is C58H38N2O. The van der Waals surface area contributed by atoms with Crippen molar-refractivity contribution < 1.29 is 4.42 Å². The van der Waals surface area contributed by atoms with Crippen LogP contribution in [0.5, 0.6) is 0 Å². The predicted molar refractivity (Wildman–Crippen MR) is 257 cm³/mol. The molecular weight excluding hydrogens is 741 g/mol. The Kier molecular flexibility index (Phi) is 8.17. The minimum absolute atomic E-state index is 0.878. The van der Waals surface area contributed by atoms with Gasteiger partial charge in [-0.15, -0.1) is 0 Å². The summed E-state index contributed by atoms with van der Waals surface area (Å²) >= 11 is 0. The second kappa shape index (κ2) is 14.3. The first-order chi connectivity index (χ1) is 30.3. The molecule has 0 spiro atoms. The van der Waals surface area contributed by atoms with Crippen molar-refractivity contribution >= 4 is 71.6 Å².